The molecule has 0 saturated heterocycles. The van der Waals surface area contributed by atoms with Gasteiger partial charge in [-0.1, -0.05) is 110 Å². The first-order valence-electron chi connectivity index (χ1n) is 12.4. The van der Waals surface area contributed by atoms with Gasteiger partial charge in [0.25, 0.3) is 0 Å². The molecule has 0 amide bonds. The summed E-state index contributed by atoms with van der Waals surface area (Å²) in [4.78, 5) is 0. The highest BCUT2D eigenvalue weighted by Gasteiger charge is 2.24. The van der Waals surface area contributed by atoms with E-state index >= 15 is 0 Å². The van der Waals surface area contributed by atoms with E-state index in [1.54, 1.807) is 0 Å². The predicted molar refractivity (Wildman–Crippen MR) is 121 cm³/mol. The monoisotopic (exact) mass is 401 g/mol. The SMILES string of the molecule is CCCCCCCCCCCCCC[C@H](NCCCCCC)[C@H](O)[C@@H](O)CO. The van der Waals surface area contributed by atoms with E-state index in [2.05, 4.69) is 19.2 Å². The number of rotatable bonds is 22. The first-order chi connectivity index (χ1) is 13.7. The van der Waals surface area contributed by atoms with Crippen LogP contribution in [0.2, 0.25) is 0 Å². The minimum absolute atomic E-state index is 0.119. The van der Waals surface area contributed by atoms with Gasteiger partial charge in [0.15, 0.2) is 0 Å². The summed E-state index contributed by atoms with van der Waals surface area (Å²) < 4.78 is 0. The zero-order valence-corrected chi connectivity index (χ0v) is 19.0. The molecule has 0 aromatic carbocycles. The number of unbranched alkanes of at least 4 members (excludes halogenated alkanes) is 14. The quantitative estimate of drug-likeness (QED) is 0.185. The molecule has 0 aromatic heterocycles. The standard InChI is InChI=1S/C24H51NO3/c1-3-5-7-9-10-11-12-13-14-15-16-17-19-22(24(28)23(27)21-26)25-20-18-8-6-4-2/h22-28H,3-21H2,1-2H3/t22-,23-,24-/m0/s1. The van der Waals surface area contributed by atoms with Gasteiger partial charge in [0.05, 0.1) is 12.7 Å². The lowest BCUT2D eigenvalue weighted by Gasteiger charge is -2.27. The van der Waals surface area contributed by atoms with E-state index < -0.39 is 12.2 Å². The van der Waals surface area contributed by atoms with Gasteiger partial charge >= 0.3 is 0 Å². The fourth-order valence-corrected chi connectivity index (χ4v) is 3.81. The van der Waals surface area contributed by atoms with E-state index in [9.17, 15) is 10.2 Å². The summed E-state index contributed by atoms with van der Waals surface area (Å²) >= 11 is 0. The Bertz CT molecular complexity index is 302. The Morgan fingerprint density at radius 2 is 1.04 bits per heavy atom. The van der Waals surface area contributed by atoms with Crippen molar-refractivity contribution in [2.75, 3.05) is 13.2 Å². The van der Waals surface area contributed by atoms with Gasteiger partial charge in [-0.15, -0.1) is 0 Å². The summed E-state index contributed by atoms with van der Waals surface area (Å²) in [6.45, 7) is 4.96. The molecule has 4 heteroatoms. The predicted octanol–water partition coefficient (Wildman–Crippen LogP) is 5.33. The number of aliphatic hydroxyl groups is 3. The summed E-state index contributed by atoms with van der Waals surface area (Å²) in [7, 11) is 0. The van der Waals surface area contributed by atoms with Crippen LogP contribution in [0.15, 0.2) is 0 Å². The Morgan fingerprint density at radius 1 is 0.607 bits per heavy atom. The molecule has 0 aliphatic heterocycles. The molecule has 0 rings (SSSR count). The molecule has 0 spiro atoms. The Hall–Kier alpha value is -0.160. The molecule has 0 aromatic rings. The second-order valence-corrected chi connectivity index (χ2v) is 8.54. The maximum Gasteiger partial charge on any atom is 0.104 e. The minimum Gasteiger partial charge on any atom is -0.394 e. The van der Waals surface area contributed by atoms with E-state index in [1.165, 1.54) is 89.9 Å². The zero-order chi connectivity index (χ0) is 20.9. The molecule has 4 nitrogen and oxygen atoms in total. The molecule has 28 heavy (non-hydrogen) atoms. The van der Waals surface area contributed by atoms with Crippen LogP contribution in [0.4, 0.5) is 0 Å². The minimum atomic E-state index is -1.05. The Morgan fingerprint density at radius 3 is 1.50 bits per heavy atom. The number of hydrogen-bond acceptors (Lipinski definition) is 4. The van der Waals surface area contributed by atoms with Gasteiger partial charge in [0.1, 0.15) is 6.10 Å². The molecule has 0 fully saturated rings. The summed E-state index contributed by atoms with van der Waals surface area (Å²) in [6.07, 6.45) is 19.5. The van der Waals surface area contributed by atoms with Crippen molar-refractivity contribution in [3.8, 4) is 0 Å². The van der Waals surface area contributed by atoms with Gasteiger partial charge in [-0.3, -0.25) is 0 Å². The normalized spacial score (nSPS) is 14.9. The third kappa shape index (κ3) is 16.8. The fourth-order valence-electron chi connectivity index (χ4n) is 3.81. The Balaban J connectivity index is 3.76. The van der Waals surface area contributed by atoms with Gasteiger partial charge in [0.2, 0.25) is 0 Å². The van der Waals surface area contributed by atoms with Crippen molar-refractivity contribution in [3.05, 3.63) is 0 Å². The molecule has 0 bridgehead atoms. The molecule has 3 atom stereocenters. The van der Waals surface area contributed by atoms with Crippen molar-refractivity contribution in [2.45, 2.75) is 141 Å². The summed E-state index contributed by atoms with van der Waals surface area (Å²) in [5.74, 6) is 0. The number of aliphatic hydroxyl groups excluding tert-OH is 3. The van der Waals surface area contributed by atoms with Gasteiger partial charge in [-0.2, -0.15) is 0 Å². The van der Waals surface area contributed by atoms with Gasteiger partial charge in [0, 0.05) is 6.04 Å². The third-order valence-corrected chi connectivity index (χ3v) is 5.80. The molecule has 0 aliphatic carbocycles. The van der Waals surface area contributed by atoms with Crippen LogP contribution in [0.3, 0.4) is 0 Å². The molecular weight excluding hydrogens is 350 g/mol. The molecule has 170 valence electrons. The van der Waals surface area contributed by atoms with E-state index in [0.29, 0.717) is 0 Å². The molecule has 0 unspecified atom stereocenters. The van der Waals surface area contributed by atoms with Crippen molar-refractivity contribution in [1.82, 2.24) is 5.32 Å². The Kier molecular flexibility index (Phi) is 21.4. The van der Waals surface area contributed by atoms with Crippen LogP contribution in [-0.4, -0.2) is 46.7 Å². The molecule has 0 saturated carbocycles. The lowest BCUT2D eigenvalue weighted by molar-refractivity contribution is -0.0336. The van der Waals surface area contributed by atoms with E-state index in [4.69, 9.17) is 5.11 Å². The lowest BCUT2D eigenvalue weighted by atomic mass is 9.98. The van der Waals surface area contributed by atoms with Crippen molar-refractivity contribution in [1.29, 1.82) is 0 Å². The third-order valence-electron chi connectivity index (χ3n) is 5.80. The van der Waals surface area contributed by atoms with Crippen molar-refractivity contribution in [2.24, 2.45) is 0 Å². The van der Waals surface area contributed by atoms with Crippen LogP contribution < -0.4 is 5.32 Å². The first-order valence-corrected chi connectivity index (χ1v) is 12.4. The highest BCUT2D eigenvalue weighted by molar-refractivity contribution is 4.81. The molecular formula is C24H51NO3. The summed E-state index contributed by atoms with van der Waals surface area (Å²) in [5, 5.41) is 32.6. The van der Waals surface area contributed by atoms with Crippen LogP contribution in [-0.2, 0) is 0 Å². The number of hydrogen-bond donors (Lipinski definition) is 4. The van der Waals surface area contributed by atoms with Crippen molar-refractivity contribution in [3.63, 3.8) is 0 Å². The van der Waals surface area contributed by atoms with Crippen LogP contribution in [0.5, 0.6) is 0 Å². The summed E-state index contributed by atoms with van der Waals surface area (Å²) in [5.41, 5.74) is 0. The smallest absolute Gasteiger partial charge is 0.104 e. The van der Waals surface area contributed by atoms with Crippen molar-refractivity contribution >= 4 is 0 Å². The van der Waals surface area contributed by atoms with Crippen molar-refractivity contribution < 1.29 is 15.3 Å². The lowest BCUT2D eigenvalue weighted by Crippen LogP contribution is -2.47. The largest absolute Gasteiger partial charge is 0.394 e. The Labute approximate surface area is 175 Å². The average Bonchev–Trinajstić information content (AvgIpc) is 2.71. The summed E-state index contributed by atoms with van der Waals surface area (Å²) in [6, 6.07) is -0.119. The number of nitrogens with one attached hydrogen (secondary N) is 1. The van der Waals surface area contributed by atoms with E-state index in [-0.39, 0.29) is 12.6 Å². The topological polar surface area (TPSA) is 72.7 Å². The molecule has 0 aliphatic rings. The average molecular weight is 402 g/mol. The highest BCUT2D eigenvalue weighted by atomic mass is 16.4. The maximum absolute atomic E-state index is 10.3. The van der Waals surface area contributed by atoms with Crippen LogP contribution >= 0.6 is 0 Å². The fraction of sp³-hybridized carbons (Fsp3) is 1.00. The molecule has 0 heterocycles. The van der Waals surface area contributed by atoms with Gasteiger partial charge in [-0.05, 0) is 19.4 Å². The van der Waals surface area contributed by atoms with E-state index in [0.717, 1.165) is 25.8 Å². The second kappa shape index (κ2) is 21.5. The van der Waals surface area contributed by atoms with Crippen LogP contribution in [0, 0.1) is 0 Å². The molecule has 4 N–H and O–H groups in total. The maximum atomic E-state index is 10.3. The first kappa shape index (κ1) is 27.8. The highest BCUT2D eigenvalue weighted by Crippen LogP contribution is 2.15. The van der Waals surface area contributed by atoms with Crippen LogP contribution in [0.25, 0.3) is 0 Å². The zero-order valence-electron chi connectivity index (χ0n) is 19.0. The van der Waals surface area contributed by atoms with Gasteiger partial charge < -0.3 is 20.6 Å². The van der Waals surface area contributed by atoms with E-state index in [1.807, 2.05) is 0 Å². The molecule has 0 radical (unpaired) electrons. The van der Waals surface area contributed by atoms with Gasteiger partial charge in [-0.25, -0.2) is 0 Å². The second-order valence-electron chi connectivity index (χ2n) is 8.54. The van der Waals surface area contributed by atoms with Crippen LogP contribution in [0.1, 0.15) is 123 Å².